The first kappa shape index (κ1) is 11.9. The van der Waals surface area contributed by atoms with Crippen molar-refractivity contribution in [3.63, 3.8) is 0 Å². The molecule has 0 aromatic heterocycles. The van der Waals surface area contributed by atoms with Crippen LogP contribution in [0.4, 0.5) is 0 Å². The maximum absolute atomic E-state index is 3.53. The van der Waals surface area contributed by atoms with Crippen LogP contribution in [-0.2, 0) is 0 Å². The van der Waals surface area contributed by atoms with Crippen LogP contribution >= 0.6 is 0 Å². The Bertz CT molecular complexity index is 242. The first-order chi connectivity index (χ1) is 8.34. The van der Waals surface area contributed by atoms with Crippen molar-refractivity contribution in [3.05, 3.63) is 0 Å². The SMILES string of the molecule is CC1CNCC1N1CCN(C2CCCC2)CC1. The lowest BCUT2D eigenvalue weighted by atomic mass is 10.0. The molecule has 0 aromatic carbocycles. The molecule has 2 aliphatic heterocycles. The van der Waals surface area contributed by atoms with E-state index in [1.165, 1.54) is 65.0 Å². The van der Waals surface area contributed by atoms with Crippen molar-refractivity contribution in [1.82, 2.24) is 15.1 Å². The quantitative estimate of drug-likeness (QED) is 0.777. The van der Waals surface area contributed by atoms with E-state index in [0.717, 1.165) is 18.0 Å². The third-order valence-corrected chi connectivity index (χ3v) is 5.14. The van der Waals surface area contributed by atoms with Gasteiger partial charge in [0, 0.05) is 44.8 Å². The molecule has 1 saturated carbocycles. The summed E-state index contributed by atoms with van der Waals surface area (Å²) in [6, 6.07) is 1.73. The standard InChI is InChI=1S/C14H27N3/c1-12-10-15-11-14(12)17-8-6-16(7-9-17)13-4-2-3-5-13/h12-15H,2-11H2,1H3. The summed E-state index contributed by atoms with van der Waals surface area (Å²) in [7, 11) is 0. The molecule has 2 unspecified atom stereocenters. The van der Waals surface area contributed by atoms with Crippen LogP contribution in [-0.4, -0.2) is 61.2 Å². The lowest BCUT2D eigenvalue weighted by molar-refractivity contribution is 0.0650. The number of rotatable bonds is 2. The highest BCUT2D eigenvalue weighted by Crippen LogP contribution is 2.25. The van der Waals surface area contributed by atoms with E-state index in [9.17, 15) is 0 Å². The number of nitrogens with zero attached hydrogens (tertiary/aromatic N) is 2. The zero-order valence-corrected chi connectivity index (χ0v) is 11.2. The van der Waals surface area contributed by atoms with Gasteiger partial charge < -0.3 is 5.32 Å². The monoisotopic (exact) mass is 237 g/mol. The zero-order valence-electron chi connectivity index (χ0n) is 11.2. The van der Waals surface area contributed by atoms with Gasteiger partial charge in [-0.25, -0.2) is 0 Å². The van der Waals surface area contributed by atoms with Crippen molar-refractivity contribution in [2.45, 2.75) is 44.7 Å². The van der Waals surface area contributed by atoms with E-state index < -0.39 is 0 Å². The maximum atomic E-state index is 3.53. The van der Waals surface area contributed by atoms with Gasteiger partial charge in [-0.1, -0.05) is 19.8 Å². The van der Waals surface area contributed by atoms with Gasteiger partial charge >= 0.3 is 0 Å². The normalized spacial score (nSPS) is 37.9. The van der Waals surface area contributed by atoms with E-state index in [4.69, 9.17) is 0 Å². The van der Waals surface area contributed by atoms with Gasteiger partial charge in [0.15, 0.2) is 0 Å². The lowest BCUT2D eigenvalue weighted by Crippen LogP contribution is -2.54. The summed E-state index contributed by atoms with van der Waals surface area (Å²) < 4.78 is 0. The van der Waals surface area contributed by atoms with E-state index in [1.54, 1.807) is 0 Å². The summed E-state index contributed by atoms with van der Waals surface area (Å²) in [6.45, 7) is 10.0. The van der Waals surface area contributed by atoms with Gasteiger partial charge in [0.05, 0.1) is 0 Å². The molecular weight excluding hydrogens is 210 g/mol. The lowest BCUT2D eigenvalue weighted by Gasteiger charge is -2.41. The highest BCUT2D eigenvalue weighted by atomic mass is 15.3. The van der Waals surface area contributed by atoms with E-state index in [1.807, 2.05) is 0 Å². The molecule has 3 rings (SSSR count). The fourth-order valence-corrected chi connectivity index (χ4v) is 3.99. The Morgan fingerprint density at radius 3 is 2.12 bits per heavy atom. The molecule has 17 heavy (non-hydrogen) atoms. The largest absolute Gasteiger partial charge is 0.315 e. The Labute approximate surface area is 106 Å². The van der Waals surface area contributed by atoms with Crippen LogP contribution in [0.15, 0.2) is 0 Å². The Balaban J connectivity index is 1.49. The molecule has 0 aromatic rings. The molecule has 3 aliphatic rings. The van der Waals surface area contributed by atoms with E-state index in [0.29, 0.717) is 0 Å². The molecule has 0 bridgehead atoms. The van der Waals surface area contributed by atoms with Crippen molar-refractivity contribution in [1.29, 1.82) is 0 Å². The van der Waals surface area contributed by atoms with Crippen LogP contribution in [0.5, 0.6) is 0 Å². The number of nitrogens with one attached hydrogen (secondary N) is 1. The van der Waals surface area contributed by atoms with Gasteiger partial charge in [-0.3, -0.25) is 9.80 Å². The molecule has 0 spiro atoms. The Kier molecular flexibility index (Phi) is 3.69. The van der Waals surface area contributed by atoms with Crippen molar-refractivity contribution < 1.29 is 0 Å². The number of hydrogen-bond acceptors (Lipinski definition) is 3. The molecule has 3 heteroatoms. The average Bonchev–Trinajstić information content (AvgIpc) is 3.00. The number of piperazine rings is 1. The molecular formula is C14H27N3. The van der Waals surface area contributed by atoms with Gasteiger partial charge in [0.2, 0.25) is 0 Å². The van der Waals surface area contributed by atoms with Crippen LogP contribution in [0.1, 0.15) is 32.6 Å². The Morgan fingerprint density at radius 2 is 1.53 bits per heavy atom. The minimum Gasteiger partial charge on any atom is -0.315 e. The zero-order chi connectivity index (χ0) is 11.7. The fourth-order valence-electron chi connectivity index (χ4n) is 3.99. The molecule has 0 radical (unpaired) electrons. The van der Waals surface area contributed by atoms with Crippen molar-refractivity contribution >= 4 is 0 Å². The summed E-state index contributed by atoms with van der Waals surface area (Å²) in [6.07, 6.45) is 5.85. The summed E-state index contributed by atoms with van der Waals surface area (Å²) in [5.74, 6) is 0.841. The second-order valence-electron chi connectivity index (χ2n) is 6.21. The minimum atomic E-state index is 0.806. The van der Waals surface area contributed by atoms with Gasteiger partial charge in [0.25, 0.3) is 0 Å². The first-order valence-electron chi connectivity index (χ1n) is 7.53. The van der Waals surface area contributed by atoms with Gasteiger partial charge in [-0.05, 0) is 25.3 Å². The van der Waals surface area contributed by atoms with Gasteiger partial charge in [-0.15, -0.1) is 0 Å². The third kappa shape index (κ3) is 2.51. The average molecular weight is 237 g/mol. The van der Waals surface area contributed by atoms with E-state index in [2.05, 4.69) is 22.0 Å². The fraction of sp³-hybridized carbons (Fsp3) is 1.00. The van der Waals surface area contributed by atoms with Crippen LogP contribution in [0, 0.1) is 5.92 Å². The summed E-state index contributed by atoms with van der Waals surface area (Å²) in [4.78, 5) is 5.49. The number of hydrogen-bond donors (Lipinski definition) is 1. The molecule has 1 N–H and O–H groups in total. The highest BCUT2D eigenvalue weighted by Gasteiger charge is 2.32. The summed E-state index contributed by atoms with van der Waals surface area (Å²) in [5, 5.41) is 3.53. The smallest absolute Gasteiger partial charge is 0.0259 e. The topological polar surface area (TPSA) is 18.5 Å². The molecule has 0 amide bonds. The highest BCUT2D eigenvalue weighted by molar-refractivity contribution is 4.90. The molecule has 3 nitrogen and oxygen atoms in total. The second kappa shape index (κ2) is 5.25. The summed E-state index contributed by atoms with van der Waals surface area (Å²) in [5.41, 5.74) is 0. The maximum Gasteiger partial charge on any atom is 0.0259 e. The van der Waals surface area contributed by atoms with Crippen LogP contribution in [0.25, 0.3) is 0 Å². The van der Waals surface area contributed by atoms with Crippen molar-refractivity contribution in [2.75, 3.05) is 39.3 Å². The van der Waals surface area contributed by atoms with Crippen molar-refractivity contribution in [3.8, 4) is 0 Å². The molecule has 98 valence electrons. The molecule has 2 atom stereocenters. The van der Waals surface area contributed by atoms with Gasteiger partial charge in [-0.2, -0.15) is 0 Å². The van der Waals surface area contributed by atoms with Crippen LogP contribution in [0.2, 0.25) is 0 Å². The predicted octanol–water partition coefficient (Wildman–Crippen LogP) is 1.15. The molecule has 3 fully saturated rings. The molecule has 2 saturated heterocycles. The Hall–Kier alpha value is -0.120. The van der Waals surface area contributed by atoms with Crippen LogP contribution in [0.3, 0.4) is 0 Å². The molecule has 1 aliphatic carbocycles. The first-order valence-corrected chi connectivity index (χ1v) is 7.53. The van der Waals surface area contributed by atoms with Crippen molar-refractivity contribution in [2.24, 2.45) is 5.92 Å². The second-order valence-corrected chi connectivity index (χ2v) is 6.21. The minimum absolute atomic E-state index is 0.806. The summed E-state index contributed by atoms with van der Waals surface area (Å²) >= 11 is 0. The third-order valence-electron chi connectivity index (χ3n) is 5.14. The predicted molar refractivity (Wildman–Crippen MR) is 71.2 cm³/mol. The van der Waals surface area contributed by atoms with E-state index >= 15 is 0 Å². The van der Waals surface area contributed by atoms with Gasteiger partial charge in [0.1, 0.15) is 0 Å². The van der Waals surface area contributed by atoms with Crippen LogP contribution < -0.4 is 5.32 Å². The van der Waals surface area contributed by atoms with E-state index in [-0.39, 0.29) is 0 Å². The Morgan fingerprint density at radius 1 is 0.882 bits per heavy atom. The molecule has 2 heterocycles.